The largest absolute Gasteiger partial charge is 0.445 e. The molecule has 1 atom stereocenters. The van der Waals surface area contributed by atoms with Gasteiger partial charge < -0.3 is 9.64 Å². The summed E-state index contributed by atoms with van der Waals surface area (Å²) in [4.78, 5) is 16.0. The summed E-state index contributed by atoms with van der Waals surface area (Å²) < 4.78 is 18.8. The van der Waals surface area contributed by atoms with Crippen molar-refractivity contribution >= 4 is 6.09 Å². The summed E-state index contributed by atoms with van der Waals surface area (Å²) in [5.41, 5.74) is 2.24. The molecule has 0 radical (unpaired) electrons. The number of amides is 1. The SMILES string of the molecule is CCN1CC[C@@H](CN(Cc2ccccc2)Cc2ccc(F)cc2)OC1=O. The zero-order chi connectivity index (χ0) is 18.4. The van der Waals surface area contributed by atoms with Gasteiger partial charge in [0.25, 0.3) is 0 Å². The van der Waals surface area contributed by atoms with Gasteiger partial charge in [-0.05, 0) is 30.2 Å². The van der Waals surface area contributed by atoms with E-state index in [1.165, 1.54) is 17.7 Å². The highest BCUT2D eigenvalue weighted by Crippen LogP contribution is 2.17. The van der Waals surface area contributed by atoms with E-state index < -0.39 is 0 Å². The molecule has 0 aromatic heterocycles. The lowest BCUT2D eigenvalue weighted by Gasteiger charge is -2.34. The Morgan fingerprint density at radius 3 is 2.35 bits per heavy atom. The van der Waals surface area contributed by atoms with Crippen LogP contribution in [0.3, 0.4) is 0 Å². The molecular weight excluding hydrogens is 331 g/mol. The minimum Gasteiger partial charge on any atom is -0.445 e. The third-order valence-electron chi connectivity index (χ3n) is 4.66. The average molecular weight is 356 g/mol. The number of benzene rings is 2. The Kier molecular flexibility index (Phi) is 6.23. The van der Waals surface area contributed by atoms with E-state index in [0.717, 1.165) is 25.1 Å². The van der Waals surface area contributed by atoms with Crippen LogP contribution in [0, 0.1) is 5.82 Å². The predicted molar refractivity (Wildman–Crippen MR) is 99.1 cm³/mol. The standard InChI is InChI=1S/C21H25FN2O2/c1-2-24-13-12-20(26-21(24)25)16-23(14-17-6-4-3-5-7-17)15-18-8-10-19(22)11-9-18/h3-11,20H,2,12-16H2,1H3/t20-/m0/s1. The Labute approximate surface area is 154 Å². The first-order valence-electron chi connectivity index (χ1n) is 9.10. The zero-order valence-electron chi connectivity index (χ0n) is 15.1. The third-order valence-corrected chi connectivity index (χ3v) is 4.66. The molecule has 2 aromatic carbocycles. The lowest BCUT2D eigenvalue weighted by Crippen LogP contribution is -2.45. The number of nitrogens with zero attached hydrogens (tertiary/aromatic N) is 2. The van der Waals surface area contributed by atoms with Crippen LogP contribution in [0.15, 0.2) is 54.6 Å². The van der Waals surface area contributed by atoms with Crippen LogP contribution in [-0.2, 0) is 17.8 Å². The lowest BCUT2D eigenvalue weighted by atomic mass is 10.1. The van der Waals surface area contributed by atoms with Crippen molar-refractivity contribution < 1.29 is 13.9 Å². The topological polar surface area (TPSA) is 32.8 Å². The number of carbonyl (C=O) groups excluding carboxylic acids is 1. The maximum absolute atomic E-state index is 13.2. The smallest absolute Gasteiger partial charge is 0.410 e. The first-order valence-corrected chi connectivity index (χ1v) is 9.10. The minimum atomic E-state index is -0.232. The molecule has 138 valence electrons. The van der Waals surface area contributed by atoms with E-state index in [9.17, 15) is 9.18 Å². The summed E-state index contributed by atoms with van der Waals surface area (Å²) >= 11 is 0. The molecule has 0 aliphatic carbocycles. The van der Waals surface area contributed by atoms with Crippen molar-refractivity contribution in [3.8, 4) is 0 Å². The number of halogens is 1. The fourth-order valence-electron chi connectivity index (χ4n) is 3.25. The van der Waals surface area contributed by atoms with Crippen LogP contribution < -0.4 is 0 Å². The fraction of sp³-hybridized carbons (Fsp3) is 0.381. The molecule has 0 saturated carbocycles. The van der Waals surface area contributed by atoms with E-state index in [0.29, 0.717) is 19.6 Å². The van der Waals surface area contributed by atoms with Gasteiger partial charge in [0.1, 0.15) is 11.9 Å². The van der Waals surface area contributed by atoms with Crippen LogP contribution >= 0.6 is 0 Å². The second-order valence-corrected chi connectivity index (χ2v) is 6.66. The number of hydrogen-bond donors (Lipinski definition) is 0. The number of carbonyl (C=O) groups is 1. The molecule has 5 heteroatoms. The molecule has 1 aliphatic heterocycles. The summed E-state index contributed by atoms with van der Waals surface area (Å²) in [6.45, 7) is 5.46. The first-order chi connectivity index (χ1) is 12.6. The third kappa shape index (κ3) is 5.05. The van der Waals surface area contributed by atoms with E-state index >= 15 is 0 Å². The number of hydrogen-bond acceptors (Lipinski definition) is 3. The zero-order valence-corrected chi connectivity index (χ0v) is 15.1. The van der Waals surface area contributed by atoms with Crippen LogP contribution in [0.2, 0.25) is 0 Å². The van der Waals surface area contributed by atoms with E-state index in [-0.39, 0.29) is 18.0 Å². The van der Waals surface area contributed by atoms with Gasteiger partial charge in [-0.25, -0.2) is 9.18 Å². The Balaban J connectivity index is 1.68. The van der Waals surface area contributed by atoms with Gasteiger partial charge in [0.2, 0.25) is 0 Å². The molecule has 2 aromatic rings. The molecule has 0 unspecified atom stereocenters. The highest BCUT2D eigenvalue weighted by Gasteiger charge is 2.27. The van der Waals surface area contributed by atoms with Crippen LogP contribution in [0.5, 0.6) is 0 Å². The Morgan fingerprint density at radius 1 is 1.08 bits per heavy atom. The van der Waals surface area contributed by atoms with Crippen molar-refractivity contribution in [2.75, 3.05) is 19.6 Å². The Hall–Kier alpha value is -2.40. The van der Waals surface area contributed by atoms with Gasteiger partial charge in [-0.1, -0.05) is 42.5 Å². The highest BCUT2D eigenvalue weighted by atomic mass is 19.1. The molecule has 1 fully saturated rings. The molecule has 0 N–H and O–H groups in total. The van der Waals surface area contributed by atoms with E-state index in [1.807, 2.05) is 25.1 Å². The molecule has 26 heavy (non-hydrogen) atoms. The predicted octanol–water partition coefficient (Wildman–Crippen LogP) is 4.06. The van der Waals surface area contributed by atoms with Gasteiger partial charge in [-0.15, -0.1) is 0 Å². The maximum atomic E-state index is 13.2. The lowest BCUT2D eigenvalue weighted by molar-refractivity contribution is 0.00722. The molecule has 3 rings (SSSR count). The number of cyclic esters (lactones) is 1. The maximum Gasteiger partial charge on any atom is 0.410 e. The number of rotatable bonds is 7. The van der Waals surface area contributed by atoms with Crippen LogP contribution in [0.4, 0.5) is 9.18 Å². The molecule has 1 amide bonds. The van der Waals surface area contributed by atoms with Crippen molar-refractivity contribution in [1.29, 1.82) is 0 Å². The van der Waals surface area contributed by atoms with Crippen molar-refractivity contribution in [1.82, 2.24) is 9.80 Å². The monoisotopic (exact) mass is 356 g/mol. The molecule has 0 spiro atoms. The molecule has 4 nitrogen and oxygen atoms in total. The van der Waals surface area contributed by atoms with Crippen LogP contribution in [0.25, 0.3) is 0 Å². The van der Waals surface area contributed by atoms with Crippen molar-refractivity contribution in [2.45, 2.75) is 32.5 Å². The van der Waals surface area contributed by atoms with Crippen molar-refractivity contribution in [3.63, 3.8) is 0 Å². The van der Waals surface area contributed by atoms with Crippen molar-refractivity contribution in [2.24, 2.45) is 0 Å². The van der Waals surface area contributed by atoms with E-state index in [4.69, 9.17) is 4.74 Å². The van der Waals surface area contributed by atoms with Gasteiger partial charge in [0, 0.05) is 39.1 Å². The van der Waals surface area contributed by atoms with Gasteiger partial charge >= 0.3 is 6.09 Å². The summed E-state index contributed by atoms with van der Waals surface area (Å²) in [5.74, 6) is -0.232. The second-order valence-electron chi connectivity index (χ2n) is 6.66. The quantitative estimate of drug-likeness (QED) is 0.750. The summed E-state index contributed by atoms with van der Waals surface area (Å²) in [6.07, 6.45) is 0.480. The summed E-state index contributed by atoms with van der Waals surface area (Å²) in [5, 5.41) is 0. The number of ether oxygens (including phenoxy) is 1. The average Bonchev–Trinajstić information content (AvgIpc) is 2.64. The van der Waals surface area contributed by atoms with Gasteiger partial charge in [-0.3, -0.25) is 4.90 Å². The van der Waals surface area contributed by atoms with Gasteiger partial charge in [0.05, 0.1) is 0 Å². The molecule has 1 heterocycles. The van der Waals surface area contributed by atoms with Gasteiger partial charge in [0.15, 0.2) is 0 Å². The van der Waals surface area contributed by atoms with Crippen molar-refractivity contribution in [3.05, 3.63) is 71.5 Å². The summed E-state index contributed by atoms with van der Waals surface area (Å²) in [7, 11) is 0. The highest BCUT2D eigenvalue weighted by molar-refractivity contribution is 5.68. The molecule has 0 bridgehead atoms. The molecule has 1 saturated heterocycles. The fourth-order valence-corrected chi connectivity index (χ4v) is 3.25. The normalized spacial score (nSPS) is 17.4. The van der Waals surface area contributed by atoms with Crippen LogP contribution in [0.1, 0.15) is 24.5 Å². The first kappa shape index (κ1) is 18.4. The minimum absolute atomic E-state index is 0.116. The van der Waals surface area contributed by atoms with E-state index in [2.05, 4.69) is 17.0 Å². The summed E-state index contributed by atoms with van der Waals surface area (Å²) in [6, 6.07) is 16.8. The molecular formula is C21H25FN2O2. The molecule has 1 aliphatic rings. The Morgan fingerprint density at radius 2 is 1.73 bits per heavy atom. The van der Waals surface area contributed by atoms with E-state index in [1.54, 1.807) is 17.0 Å². The Bertz CT molecular complexity index is 706. The van der Waals surface area contributed by atoms with Crippen LogP contribution in [-0.4, -0.2) is 41.6 Å². The second kappa shape index (κ2) is 8.81. The van der Waals surface area contributed by atoms with Gasteiger partial charge in [-0.2, -0.15) is 0 Å².